The summed E-state index contributed by atoms with van der Waals surface area (Å²) in [6, 6.07) is 10.1. The van der Waals surface area contributed by atoms with Gasteiger partial charge in [0.25, 0.3) is 0 Å². The third-order valence-electron chi connectivity index (χ3n) is 5.97. The number of anilines is 2. The Balaban J connectivity index is 1.28. The van der Waals surface area contributed by atoms with E-state index in [-0.39, 0.29) is 0 Å². The second kappa shape index (κ2) is 7.75. The van der Waals surface area contributed by atoms with Crippen molar-refractivity contribution in [3.8, 4) is 11.8 Å². The summed E-state index contributed by atoms with van der Waals surface area (Å²) in [7, 11) is 1.83. The summed E-state index contributed by atoms with van der Waals surface area (Å²) >= 11 is 6.04. The second-order valence-corrected chi connectivity index (χ2v) is 8.53. The van der Waals surface area contributed by atoms with E-state index in [1.165, 1.54) is 12.8 Å². The molecule has 1 unspecified atom stereocenters. The van der Waals surface area contributed by atoms with Gasteiger partial charge in [0.05, 0.1) is 0 Å². The summed E-state index contributed by atoms with van der Waals surface area (Å²) in [4.78, 5) is 15.6. The van der Waals surface area contributed by atoms with Crippen LogP contribution in [0.5, 0.6) is 11.8 Å². The number of fused-ring (bicyclic) bond motifs is 2. The van der Waals surface area contributed by atoms with Gasteiger partial charge in [-0.25, -0.2) is 14.6 Å². The van der Waals surface area contributed by atoms with Gasteiger partial charge in [-0.1, -0.05) is 17.7 Å². The molecule has 2 aromatic heterocycles. The van der Waals surface area contributed by atoms with E-state index in [2.05, 4.69) is 36.3 Å². The molecule has 5 rings (SSSR count). The van der Waals surface area contributed by atoms with Gasteiger partial charge in [0.1, 0.15) is 17.9 Å². The fraction of sp³-hybridized carbons (Fsp3) is 0.429. The normalized spacial score (nSPS) is 22.9. The van der Waals surface area contributed by atoms with E-state index in [1.807, 2.05) is 32.2 Å². The van der Waals surface area contributed by atoms with Gasteiger partial charge < -0.3 is 15.0 Å². The van der Waals surface area contributed by atoms with Crippen LogP contribution in [0.25, 0.3) is 0 Å². The number of rotatable bonds is 5. The van der Waals surface area contributed by atoms with Crippen LogP contribution >= 0.6 is 11.6 Å². The first kappa shape index (κ1) is 19.1. The number of nitrogens with zero attached hydrogens (tertiary/aromatic N) is 6. The molecule has 1 aromatic carbocycles. The maximum absolute atomic E-state index is 6.04. The van der Waals surface area contributed by atoms with E-state index >= 15 is 0 Å². The van der Waals surface area contributed by atoms with Crippen molar-refractivity contribution < 1.29 is 4.74 Å². The standard InChI is InChI=1S/C21H24ClN7O/c1-13-8-18(24-12-23-13)29-10-14-6-7-15(11-29)19(14)25-20-26-21(28(2)27-20)30-17-5-3-4-16(22)9-17/h3-5,8-9,12,14-15,19H,6-7,10-11H2,1-2H3,(H,25,27)/t14-,15+,19?. The van der Waals surface area contributed by atoms with Gasteiger partial charge >= 0.3 is 6.01 Å². The number of aromatic nitrogens is 5. The summed E-state index contributed by atoms with van der Waals surface area (Å²) in [6.45, 7) is 3.95. The molecule has 3 heterocycles. The first-order valence-electron chi connectivity index (χ1n) is 10.2. The van der Waals surface area contributed by atoms with Crippen molar-refractivity contribution in [1.82, 2.24) is 24.7 Å². The molecule has 3 atom stereocenters. The number of hydrogen-bond acceptors (Lipinski definition) is 7. The zero-order chi connectivity index (χ0) is 20.7. The van der Waals surface area contributed by atoms with E-state index in [4.69, 9.17) is 16.3 Å². The molecular weight excluding hydrogens is 402 g/mol. The molecule has 156 valence electrons. The quantitative estimate of drug-likeness (QED) is 0.667. The van der Waals surface area contributed by atoms with E-state index in [0.717, 1.165) is 24.6 Å². The number of halogens is 1. The molecule has 0 spiro atoms. The number of benzene rings is 1. The van der Waals surface area contributed by atoms with Crippen molar-refractivity contribution in [1.29, 1.82) is 0 Å². The Labute approximate surface area is 180 Å². The van der Waals surface area contributed by atoms with Crippen molar-refractivity contribution >= 4 is 23.4 Å². The molecule has 2 aliphatic rings. The summed E-state index contributed by atoms with van der Waals surface area (Å²) in [5, 5.41) is 8.71. The molecule has 2 fully saturated rings. The zero-order valence-electron chi connectivity index (χ0n) is 17.0. The van der Waals surface area contributed by atoms with E-state index in [1.54, 1.807) is 17.1 Å². The molecule has 0 amide bonds. The van der Waals surface area contributed by atoms with Crippen LogP contribution in [0.2, 0.25) is 5.02 Å². The Bertz CT molecular complexity index is 1040. The molecule has 9 heteroatoms. The molecule has 1 saturated heterocycles. The highest BCUT2D eigenvalue weighted by Gasteiger charge is 2.43. The van der Waals surface area contributed by atoms with Gasteiger partial charge in [0, 0.05) is 43.0 Å². The third kappa shape index (κ3) is 3.79. The SMILES string of the molecule is Cc1cc(N2C[C@H]3CC[C@@H](C2)C3Nc2nc(Oc3cccc(Cl)c3)n(C)n2)ncn1. The number of hydrogen-bond donors (Lipinski definition) is 1. The zero-order valence-corrected chi connectivity index (χ0v) is 17.8. The van der Waals surface area contributed by atoms with Crippen molar-refractivity contribution in [3.63, 3.8) is 0 Å². The molecule has 1 aliphatic heterocycles. The summed E-state index contributed by atoms with van der Waals surface area (Å²) in [5.41, 5.74) is 0.998. The molecular formula is C21H24ClN7O. The van der Waals surface area contributed by atoms with Gasteiger partial charge in [-0.15, -0.1) is 5.10 Å². The van der Waals surface area contributed by atoms with Crippen LogP contribution in [0.15, 0.2) is 36.7 Å². The van der Waals surface area contributed by atoms with Gasteiger partial charge in [0.2, 0.25) is 5.95 Å². The van der Waals surface area contributed by atoms with Gasteiger partial charge in [-0.05, 0) is 49.8 Å². The average Bonchev–Trinajstić information content (AvgIpc) is 3.16. The summed E-state index contributed by atoms with van der Waals surface area (Å²) < 4.78 is 7.50. The molecule has 3 aromatic rings. The van der Waals surface area contributed by atoms with Crippen LogP contribution < -0.4 is 15.0 Å². The van der Waals surface area contributed by atoms with Crippen LogP contribution in [0, 0.1) is 18.8 Å². The van der Waals surface area contributed by atoms with Crippen molar-refractivity contribution in [2.75, 3.05) is 23.3 Å². The molecule has 8 nitrogen and oxygen atoms in total. The fourth-order valence-electron chi connectivity index (χ4n) is 4.56. The lowest BCUT2D eigenvalue weighted by Gasteiger charge is -2.38. The smallest absolute Gasteiger partial charge is 0.321 e. The Kier molecular flexibility index (Phi) is 4.94. The first-order chi connectivity index (χ1) is 14.5. The lowest BCUT2D eigenvalue weighted by molar-refractivity contribution is 0.374. The highest BCUT2D eigenvalue weighted by atomic mass is 35.5. The Morgan fingerprint density at radius 3 is 2.67 bits per heavy atom. The monoisotopic (exact) mass is 425 g/mol. The van der Waals surface area contributed by atoms with E-state index in [9.17, 15) is 0 Å². The largest absolute Gasteiger partial charge is 0.424 e. The Hall–Kier alpha value is -2.87. The van der Waals surface area contributed by atoms with Crippen LogP contribution in [0.3, 0.4) is 0 Å². The topological polar surface area (TPSA) is 81.0 Å². The number of ether oxygens (including phenoxy) is 1. The highest BCUT2D eigenvalue weighted by molar-refractivity contribution is 6.30. The minimum absolute atomic E-state index is 0.352. The predicted molar refractivity (Wildman–Crippen MR) is 115 cm³/mol. The average molecular weight is 426 g/mol. The van der Waals surface area contributed by atoms with Gasteiger partial charge in [0.15, 0.2) is 0 Å². The second-order valence-electron chi connectivity index (χ2n) is 8.09. The number of piperidine rings is 1. The number of aryl methyl sites for hydroxylation is 2. The van der Waals surface area contributed by atoms with Crippen LogP contribution in [0.4, 0.5) is 11.8 Å². The maximum atomic E-state index is 6.04. The van der Waals surface area contributed by atoms with Crippen LogP contribution in [-0.4, -0.2) is 43.9 Å². The molecule has 30 heavy (non-hydrogen) atoms. The third-order valence-corrected chi connectivity index (χ3v) is 6.21. The highest BCUT2D eigenvalue weighted by Crippen LogP contribution is 2.39. The predicted octanol–water partition coefficient (Wildman–Crippen LogP) is 3.69. The minimum Gasteiger partial charge on any atom is -0.424 e. The molecule has 1 aliphatic carbocycles. The molecule has 2 bridgehead atoms. The summed E-state index contributed by atoms with van der Waals surface area (Å²) in [5.74, 6) is 3.31. The summed E-state index contributed by atoms with van der Waals surface area (Å²) in [6.07, 6.45) is 4.04. The van der Waals surface area contributed by atoms with Gasteiger partial charge in [-0.3, -0.25) is 0 Å². The van der Waals surface area contributed by atoms with Crippen molar-refractivity contribution in [3.05, 3.63) is 47.4 Å². The lowest BCUT2D eigenvalue weighted by atomic mass is 9.92. The van der Waals surface area contributed by atoms with Crippen molar-refractivity contribution in [2.45, 2.75) is 25.8 Å². The molecule has 1 N–H and O–H groups in total. The Morgan fingerprint density at radius 1 is 1.13 bits per heavy atom. The van der Waals surface area contributed by atoms with Crippen molar-refractivity contribution in [2.24, 2.45) is 18.9 Å². The van der Waals surface area contributed by atoms with Crippen LogP contribution in [-0.2, 0) is 7.05 Å². The molecule has 0 radical (unpaired) electrons. The minimum atomic E-state index is 0.352. The van der Waals surface area contributed by atoms with Gasteiger partial charge in [-0.2, -0.15) is 4.98 Å². The first-order valence-corrected chi connectivity index (χ1v) is 10.6. The van der Waals surface area contributed by atoms with Crippen LogP contribution in [0.1, 0.15) is 18.5 Å². The molecule has 1 saturated carbocycles. The Morgan fingerprint density at radius 2 is 1.93 bits per heavy atom. The van der Waals surface area contributed by atoms with E-state index < -0.39 is 0 Å². The number of nitrogens with one attached hydrogen (secondary N) is 1. The van der Waals surface area contributed by atoms with E-state index in [0.29, 0.717) is 40.6 Å². The fourth-order valence-corrected chi connectivity index (χ4v) is 4.74. The maximum Gasteiger partial charge on any atom is 0.321 e. The lowest BCUT2D eigenvalue weighted by Crippen LogP contribution is -2.48.